The van der Waals surface area contributed by atoms with Crippen LogP contribution in [0.5, 0.6) is 5.75 Å². The molecule has 0 atom stereocenters. The summed E-state index contributed by atoms with van der Waals surface area (Å²) in [4.78, 5) is 0.250. The van der Waals surface area contributed by atoms with Crippen molar-refractivity contribution in [3.63, 3.8) is 0 Å². The Kier molecular flexibility index (Phi) is 4.69. The van der Waals surface area contributed by atoms with Gasteiger partial charge in [-0.25, -0.2) is 8.42 Å². The summed E-state index contributed by atoms with van der Waals surface area (Å²) in [5, 5.41) is 3.02. The Bertz CT molecular complexity index is 719. The lowest BCUT2D eigenvalue weighted by Crippen LogP contribution is -2.03. The Balaban J connectivity index is 2.10. The first kappa shape index (κ1) is 15.6. The van der Waals surface area contributed by atoms with E-state index in [1.54, 1.807) is 18.2 Å². The number of sulfone groups is 1. The molecule has 0 radical (unpaired) electrons. The van der Waals surface area contributed by atoms with E-state index in [2.05, 4.69) is 5.32 Å². The van der Waals surface area contributed by atoms with Gasteiger partial charge in [0.25, 0.3) is 0 Å². The standard InChI is InChI=1S/C15H19NO4S/c1-11-12(7-14(20-11)9-16-2)10-19-13-5-4-6-15(8-13)21(3,17)18/h4-8,16H,9-10H2,1-3H3. The second-order valence-electron chi connectivity index (χ2n) is 4.86. The molecule has 0 aliphatic carbocycles. The molecule has 1 aromatic heterocycles. The number of furan rings is 1. The first-order valence-electron chi connectivity index (χ1n) is 6.56. The number of hydrogen-bond donors (Lipinski definition) is 1. The van der Waals surface area contributed by atoms with Crippen molar-refractivity contribution in [2.24, 2.45) is 0 Å². The van der Waals surface area contributed by atoms with Crippen LogP contribution in [0.25, 0.3) is 0 Å². The Hall–Kier alpha value is -1.79. The van der Waals surface area contributed by atoms with E-state index in [1.165, 1.54) is 12.3 Å². The lowest BCUT2D eigenvalue weighted by Gasteiger charge is -2.06. The highest BCUT2D eigenvalue weighted by atomic mass is 32.2. The minimum atomic E-state index is -3.23. The minimum absolute atomic E-state index is 0.250. The van der Waals surface area contributed by atoms with Crippen LogP contribution in [0.15, 0.2) is 39.6 Å². The molecular formula is C15H19NO4S. The molecule has 0 amide bonds. The van der Waals surface area contributed by atoms with E-state index in [-0.39, 0.29) is 4.90 Å². The predicted octanol–water partition coefficient (Wildman–Crippen LogP) is 2.29. The van der Waals surface area contributed by atoms with Gasteiger partial charge in [-0.15, -0.1) is 0 Å². The fourth-order valence-electron chi connectivity index (χ4n) is 1.95. The van der Waals surface area contributed by atoms with Gasteiger partial charge in [0.2, 0.25) is 0 Å². The predicted molar refractivity (Wildman–Crippen MR) is 80.1 cm³/mol. The van der Waals surface area contributed by atoms with Crippen LogP contribution in [0.1, 0.15) is 17.1 Å². The third-order valence-corrected chi connectivity index (χ3v) is 4.16. The van der Waals surface area contributed by atoms with E-state index in [4.69, 9.17) is 9.15 Å². The van der Waals surface area contributed by atoms with Gasteiger partial charge in [-0.3, -0.25) is 0 Å². The van der Waals surface area contributed by atoms with Crippen molar-refractivity contribution in [1.29, 1.82) is 0 Å². The van der Waals surface area contributed by atoms with Crippen LogP contribution in [-0.4, -0.2) is 21.7 Å². The molecular weight excluding hydrogens is 290 g/mol. The van der Waals surface area contributed by atoms with E-state index in [1.807, 2.05) is 20.0 Å². The second kappa shape index (κ2) is 6.32. The van der Waals surface area contributed by atoms with Crippen LogP contribution in [0.2, 0.25) is 0 Å². The van der Waals surface area contributed by atoms with Crippen molar-refractivity contribution < 1.29 is 17.6 Å². The van der Waals surface area contributed by atoms with Gasteiger partial charge >= 0.3 is 0 Å². The summed E-state index contributed by atoms with van der Waals surface area (Å²) in [6.07, 6.45) is 1.18. The molecule has 0 aliphatic heterocycles. The van der Waals surface area contributed by atoms with E-state index in [9.17, 15) is 8.42 Å². The summed E-state index contributed by atoms with van der Waals surface area (Å²) < 4.78 is 34.3. The zero-order valence-corrected chi connectivity index (χ0v) is 13.2. The summed E-state index contributed by atoms with van der Waals surface area (Å²) in [6.45, 7) is 2.88. The van der Waals surface area contributed by atoms with Crippen LogP contribution in [-0.2, 0) is 23.0 Å². The maximum atomic E-state index is 11.5. The van der Waals surface area contributed by atoms with Gasteiger partial charge in [0.1, 0.15) is 23.9 Å². The fraction of sp³-hybridized carbons (Fsp3) is 0.333. The average Bonchev–Trinajstić information content (AvgIpc) is 2.76. The number of nitrogens with one attached hydrogen (secondary N) is 1. The zero-order valence-electron chi connectivity index (χ0n) is 12.3. The summed E-state index contributed by atoms with van der Waals surface area (Å²) in [5.41, 5.74) is 0.949. The minimum Gasteiger partial charge on any atom is -0.489 e. The van der Waals surface area contributed by atoms with E-state index >= 15 is 0 Å². The van der Waals surface area contributed by atoms with E-state index in [0.29, 0.717) is 18.9 Å². The van der Waals surface area contributed by atoms with Crippen molar-refractivity contribution >= 4 is 9.84 Å². The third-order valence-electron chi connectivity index (χ3n) is 3.05. The molecule has 2 rings (SSSR count). The van der Waals surface area contributed by atoms with Gasteiger partial charge in [-0.2, -0.15) is 0 Å². The SMILES string of the molecule is CNCc1cc(COc2cccc(S(C)(=O)=O)c2)c(C)o1. The van der Waals surface area contributed by atoms with Crippen LogP contribution in [0, 0.1) is 6.92 Å². The molecule has 0 saturated heterocycles. The van der Waals surface area contributed by atoms with Gasteiger partial charge in [0.05, 0.1) is 11.4 Å². The van der Waals surface area contributed by atoms with Gasteiger partial charge in [0.15, 0.2) is 9.84 Å². The van der Waals surface area contributed by atoms with Crippen molar-refractivity contribution in [3.05, 3.63) is 47.4 Å². The number of hydrogen-bond acceptors (Lipinski definition) is 5. The van der Waals surface area contributed by atoms with E-state index in [0.717, 1.165) is 17.1 Å². The molecule has 1 aromatic carbocycles. The second-order valence-corrected chi connectivity index (χ2v) is 6.88. The van der Waals surface area contributed by atoms with Crippen molar-refractivity contribution in [2.45, 2.75) is 25.0 Å². The fourth-order valence-corrected chi connectivity index (χ4v) is 2.60. The quantitative estimate of drug-likeness (QED) is 0.886. The molecule has 0 bridgehead atoms. The molecule has 0 aliphatic rings. The molecule has 21 heavy (non-hydrogen) atoms. The molecule has 5 nitrogen and oxygen atoms in total. The third kappa shape index (κ3) is 4.09. The summed E-state index contributed by atoms with van der Waals surface area (Å²) in [6, 6.07) is 8.42. The van der Waals surface area contributed by atoms with Crippen LogP contribution < -0.4 is 10.1 Å². The van der Waals surface area contributed by atoms with E-state index < -0.39 is 9.84 Å². The monoisotopic (exact) mass is 309 g/mol. The first-order chi connectivity index (χ1) is 9.90. The molecule has 1 heterocycles. The normalized spacial score (nSPS) is 11.6. The molecule has 1 N–H and O–H groups in total. The number of rotatable bonds is 6. The molecule has 0 saturated carbocycles. The van der Waals surface area contributed by atoms with Crippen LogP contribution >= 0.6 is 0 Å². The highest BCUT2D eigenvalue weighted by molar-refractivity contribution is 7.90. The van der Waals surface area contributed by atoms with Gasteiger partial charge in [-0.05, 0) is 38.2 Å². The van der Waals surface area contributed by atoms with Crippen LogP contribution in [0.4, 0.5) is 0 Å². The highest BCUT2D eigenvalue weighted by Crippen LogP contribution is 2.21. The molecule has 0 spiro atoms. The van der Waals surface area contributed by atoms with Gasteiger partial charge < -0.3 is 14.5 Å². The maximum Gasteiger partial charge on any atom is 0.175 e. The zero-order chi connectivity index (χ0) is 15.5. The van der Waals surface area contributed by atoms with Crippen molar-refractivity contribution in [3.8, 4) is 5.75 Å². The van der Waals surface area contributed by atoms with Crippen LogP contribution in [0.3, 0.4) is 0 Å². The maximum absolute atomic E-state index is 11.5. The molecule has 6 heteroatoms. The topological polar surface area (TPSA) is 68.5 Å². The summed E-state index contributed by atoms with van der Waals surface area (Å²) >= 11 is 0. The molecule has 2 aromatic rings. The first-order valence-corrected chi connectivity index (χ1v) is 8.45. The Morgan fingerprint density at radius 2 is 2.05 bits per heavy atom. The summed E-state index contributed by atoms with van der Waals surface area (Å²) in [5.74, 6) is 2.17. The molecule has 114 valence electrons. The smallest absolute Gasteiger partial charge is 0.175 e. The number of benzene rings is 1. The van der Waals surface area contributed by atoms with Crippen molar-refractivity contribution in [1.82, 2.24) is 5.32 Å². The van der Waals surface area contributed by atoms with Gasteiger partial charge in [-0.1, -0.05) is 6.07 Å². The lowest BCUT2D eigenvalue weighted by molar-refractivity contribution is 0.302. The Labute approximate surface area is 124 Å². The molecule has 0 unspecified atom stereocenters. The highest BCUT2D eigenvalue weighted by Gasteiger charge is 2.10. The Morgan fingerprint density at radius 3 is 2.71 bits per heavy atom. The Morgan fingerprint density at radius 1 is 1.29 bits per heavy atom. The van der Waals surface area contributed by atoms with Crippen molar-refractivity contribution in [2.75, 3.05) is 13.3 Å². The number of ether oxygens (including phenoxy) is 1. The lowest BCUT2D eigenvalue weighted by atomic mass is 10.2. The summed E-state index contributed by atoms with van der Waals surface area (Å²) in [7, 11) is -1.37. The molecule has 0 fully saturated rings. The number of aryl methyl sites for hydroxylation is 1. The largest absolute Gasteiger partial charge is 0.489 e. The average molecular weight is 309 g/mol. The van der Waals surface area contributed by atoms with Gasteiger partial charge in [0, 0.05) is 11.8 Å².